The second-order valence-corrected chi connectivity index (χ2v) is 5.68. The lowest BCUT2D eigenvalue weighted by Crippen LogP contribution is -2.44. The van der Waals surface area contributed by atoms with Gasteiger partial charge in [0.1, 0.15) is 6.10 Å². The van der Waals surface area contributed by atoms with E-state index in [4.69, 9.17) is 10.5 Å². The normalized spacial score (nSPS) is 18.0. The van der Waals surface area contributed by atoms with Gasteiger partial charge in [0.25, 0.3) is 5.69 Å². The standard InChI is InChI=1S/C15H20N4O5/c1-10(12-2-4-13(5-3-12)19(22)23)24-15(21)18(14(16)20)9-11-6-7-17-8-11/h2-5,10-11,17H,6-9H2,1H3,(H2,16,20)/t10?,11-/m0/s1. The van der Waals surface area contributed by atoms with E-state index in [1.54, 1.807) is 6.92 Å². The molecule has 1 fully saturated rings. The van der Waals surface area contributed by atoms with Crippen molar-refractivity contribution in [3.8, 4) is 0 Å². The van der Waals surface area contributed by atoms with Crippen molar-refractivity contribution < 1.29 is 19.2 Å². The third-order valence-electron chi connectivity index (χ3n) is 3.94. The maximum Gasteiger partial charge on any atom is 0.418 e. The number of amides is 3. The Labute approximate surface area is 138 Å². The van der Waals surface area contributed by atoms with Gasteiger partial charge in [-0.2, -0.15) is 0 Å². The van der Waals surface area contributed by atoms with Crippen molar-refractivity contribution in [2.45, 2.75) is 19.4 Å². The molecule has 24 heavy (non-hydrogen) atoms. The molecule has 9 heteroatoms. The molecule has 0 saturated carbocycles. The van der Waals surface area contributed by atoms with Crippen molar-refractivity contribution >= 4 is 17.8 Å². The van der Waals surface area contributed by atoms with Gasteiger partial charge < -0.3 is 15.8 Å². The van der Waals surface area contributed by atoms with Crippen LogP contribution in [0.2, 0.25) is 0 Å². The molecular weight excluding hydrogens is 316 g/mol. The molecule has 1 aliphatic rings. The second-order valence-electron chi connectivity index (χ2n) is 5.68. The third-order valence-corrected chi connectivity index (χ3v) is 3.94. The minimum Gasteiger partial charge on any atom is -0.441 e. The van der Waals surface area contributed by atoms with Crippen molar-refractivity contribution in [3.05, 3.63) is 39.9 Å². The van der Waals surface area contributed by atoms with Gasteiger partial charge in [0, 0.05) is 18.7 Å². The van der Waals surface area contributed by atoms with Crippen LogP contribution in [0.1, 0.15) is 25.0 Å². The van der Waals surface area contributed by atoms with Crippen LogP contribution in [-0.4, -0.2) is 41.6 Å². The minimum absolute atomic E-state index is 0.0511. The molecule has 2 atom stereocenters. The summed E-state index contributed by atoms with van der Waals surface area (Å²) in [5.41, 5.74) is 5.81. The summed E-state index contributed by atoms with van der Waals surface area (Å²) in [6.45, 7) is 3.38. The van der Waals surface area contributed by atoms with Gasteiger partial charge in [-0.3, -0.25) is 10.1 Å². The zero-order valence-corrected chi connectivity index (χ0v) is 13.3. The molecular formula is C15H20N4O5. The number of nitrogens with zero attached hydrogens (tertiary/aromatic N) is 2. The summed E-state index contributed by atoms with van der Waals surface area (Å²) >= 11 is 0. The summed E-state index contributed by atoms with van der Waals surface area (Å²) in [5.74, 6) is 0.153. The average Bonchev–Trinajstić information content (AvgIpc) is 3.05. The number of non-ortho nitro benzene ring substituents is 1. The van der Waals surface area contributed by atoms with Gasteiger partial charge in [0.05, 0.1) is 4.92 Å². The molecule has 130 valence electrons. The number of nitrogens with two attached hydrogens (primary N) is 1. The number of ether oxygens (including phenoxy) is 1. The van der Waals surface area contributed by atoms with Gasteiger partial charge in [-0.1, -0.05) is 0 Å². The maximum absolute atomic E-state index is 12.2. The Morgan fingerprint density at radius 1 is 1.46 bits per heavy atom. The number of nitrogens with one attached hydrogen (secondary N) is 1. The maximum atomic E-state index is 12.2. The number of hydrogen-bond acceptors (Lipinski definition) is 6. The molecule has 2 rings (SSSR count). The topological polar surface area (TPSA) is 128 Å². The van der Waals surface area contributed by atoms with Gasteiger partial charge in [0.2, 0.25) is 0 Å². The van der Waals surface area contributed by atoms with Crippen molar-refractivity contribution in [2.75, 3.05) is 19.6 Å². The number of imide groups is 1. The molecule has 1 aromatic rings. The van der Waals surface area contributed by atoms with Crippen molar-refractivity contribution in [1.29, 1.82) is 0 Å². The summed E-state index contributed by atoms with van der Waals surface area (Å²) in [6.07, 6.45) is -0.628. The Morgan fingerprint density at radius 3 is 2.62 bits per heavy atom. The monoisotopic (exact) mass is 336 g/mol. The van der Waals surface area contributed by atoms with Crippen LogP contribution in [0.4, 0.5) is 15.3 Å². The first-order valence-electron chi connectivity index (χ1n) is 7.61. The largest absolute Gasteiger partial charge is 0.441 e. The van der Waals surface area contributed by atoms with Crippen LogP contribution >= 0.6 is 0 Å². The predicted molar refractivity (Wildman–Crippen MR) is 85.3 cm³/mol. The fourth-order valence-electron chi connectivity index (χ4n) is 2.53. The molecule has 3 N–H and O–H groups in total. The lowest BCUT2D eigenvalue weighted by atomic mass is 10.1. The van der Waals surface area contributed by atoms with Gasteiger partial charge in [0.15, 0.2) is 0 Å². The van der Waals surface area contributed by atoms with Crippen LogP contribution < -0.4 is 11.1 Å². The highest BCUT2D eigenvalue weighted by Gasteiger charge is 2.27. The Morgan fingerprint density at radius 2 is 2.12 bits per heavy atom. The number of primary amides is 1. The molecule has 1 saturated heterocycles. The summed E-state index contributed by atoms with van der Waals surface area (Å²) in [6, 6.07) is 4.81. The van der Waals surface area contributed by atoms with Gasteiger partial charge in [-0.25, -0.2) is 14.5 Å². The Kier molecular flexibility index (Phi) is 5.69. The molecule has 0 radical (unpaired) electrons. The van der Waals surface area contributed by atoms with Crippen molar-refractivity contribution in [1.82, 2.24) is 10.2 Å². The van der Waals surface area contributed by atoms with Gasteiger partial charge in [-0.15, -0.1) is 0 Å². The number of carbonyl (C=O) groups excluding carboxylic acids is 2. The van der Waals surface area contributed by atoms with E-state index < -0.39 is 23.2 Å². The van der Waals surface area contributed by atoms with Crippen LogP contribution in [-0.2, 0) is 4.74 Å². The van der Waals surface area contributed by atoms with Crippen LogP contribution in [0, 0.1) is 16.0 Å². The Hall–Kier alpha value is -2.68. The highest BCUT2D eigenvalue weighted by atomic mass is 16.6. The lowest BCUT2D eigenvalue weighted by Gasteiger charge is -2.23. The quantitative estimate of drug-likeness (QED) is 0.623. The number of urea groups is 1. The number of hydrogen-bond donors (Lipinski definition) is 2. The third kappa shape index (κ3) is 4.42. The van der Waals surface area contributed by atoms with E-state index in [0.717, 1.165) is 24.4 Å². The van der Waals surface area contributed by atoms with E-state index >= 15 is 0 Å². The highest BCUT2D eigenvalue weighted by molar-refractivity contribution is 5.90. The van der Waals surface area contributed by atoms with E-state index in [0.29, 0.717) is 5.56 Å². The molecule has 3 amide bonds. The Balaban J connectivity index is 1.99. The second kappa shape index (κ2) is 7.73. The molecule has 1 aromatic carbocycles. The first-order valence-corrected chi connectivity index (χ1v) is 7.61. The summed E-state index contributed by atoms with van der Waals surface area (Å²) in [7, 11) is 0. The Bertz CT molecular complexity index is 613. The van der Waals surface area contributed by atoms with E-state index in [9.17, 15) is 19.7 Å². The zero-order chi connectivity index (χ0) is 17.7. The van der Waals surface area contributed by atoms with Crippen LogP contribution in [0.25, 0.3) is 0 Å². The number of benzene rings is 1. The van der Waals surface area contributed by atoms with E-state index in [2.05, 4.69) is 5.32 Å². The van der Waals surface area contributed by atoms with E-state index in [1.807, 2.05) is 0 Å². The first kappa shape index (κ1) is 17.7. The van der Waals surface area contributed by atoms with Crippen molar-refractivity contribution in [3.63, 3.8) is 0 Å². The SMILES string of the molecule is CC(OC(=O)N(C[C@H]1CCNC1)C(N)=O)c1ccc([N+](=O)[O-])cc1. The fourth-order valence-corrected chi connectivity index (χ4v) is 2.53. The van der Waals surface area contributed by atoms with Crippen LogP contribution in [0.15, 0.2) is 24.3 Å². The molecule has 9 nitrogen and oxygen atoms in total. The molecule has 0 bridgehead atoms. The molecule has 1 heterocycles. The van der Waals surface area contributed by atoms with Crippen LogP contribution in [0.3, 0.4) is 0 Å². The molecule has 0 spiro atoms. The summed E-state index contributed by atoms with van der Waals surface area (Å²) in [4.78, 5) is 34.7. The number of rotatable bonds is 5. The minimum atomic E-state index is -0.859. The average molecular weight is 336 g/mol. The zero-order valence-electron chi connectivity index (χ0n) is 13.3. The molecule has 1 unspecified atom stereocenters. The lowest BCUT2D eigenvalue weighted by molar-refractivity contribution is -0.384. The molecule has 1 aliphatic heterocycles. The number of nitro benzene ring substituents is 1. The number of nitro groups is 1. The predicted octanol–water partition coefficient (Wildman–Crippen LogP) is 1.78. The van der Waals surface area contributed by atoms with Crippen molar-refractivity contribution in [2.24, 2.45) is 11.7 Å². The van der Waals surface area contributed by atoms with E-state index in [-0.39, 0.29) is 18.2 Å². The molecule has 0 aromatic heterocycles. The number of carbonyl (C=O) groups is 2. The van der Waals surface area contributed by atoms with E-state index in [1.165, 1.54) is 24.3 Å². The summed E-state index contributed by atoms with van der Waals surface area (Å²) < 4.78 is 5.27. The van der Waals surface area contributed by atoms with Crippen LogP contribution in [0.5, 0.6) is 0 Å². The molecule has 0 aliphatic carbocycles. The fraction of sp³-hybridized carbons (Fsp3) is 0.467. The smallest absolute Gasteiger partial charge is 0.418 e. The first-order chi connectivity index (χ1) is 11.4. The van der Waals surface area contributed by atoms with Gasteiger partial charge in [-0.05, 0) is 50.0 Å². The highest BCUT2D eigenvalue weighted by Crippen LogP contribution is 2.21. The van der Waals surface area contributed by atoms with Gasteiger partial charge >= 0.3 is 12.1 Å². The summed E-state index contributed by atoms with van der Waals surface area (Å²) in [5, 5.41) is 13.8.